The topological polar surface area (TPSA) is 24.9 Å². The van der Waals surface area contributed by atoms with Crippen molar-refractivity contribution in [1.29, 1.82) is 0 Å². The van der Waals surface area contributed by atoms with E-state index in [2.05, 4.69) is 47.1 Å². The molecule has 1 aromatic carbocycles. The smallest absolute Gasteiger partial charge is 0.0741 e. The van der Waals surface area contributed by atoms with E-state index in [4.69, 9.17) is 16.6 Å². The van der Waals surface area contributed by atoms with Crippen LogP contribution in [-0.4, -0.2) is 4.98 Å². The highest BCUT2D eigenvalue weighted by Crippen LogP contribution is 2.36. The number of benzene rings is 1. The number of nitrogens with one attached hydrogen (secondary N) is 1. The van der Waals surface area contributed by atoms with Crippen LogP contribution in [0.4, 0.5) is 5.69 Å². The molecular weight excluding hydrogens is 324 g/mol. The van der Waals surface area contributed by atoms with Crippen molar-refractivity contribution in [3.63, 3.8) is 0 Å². The molecule has 4 rings (SSSR count). The number of pyridine rings is 1. The minimum atomic E-state index is 0.733. The van der Waals surface area contributed by atoms with Crippen LogP contribution in [-0.2, 0) is 13.0 Å². The molecule has 0 bridgehead atoms. The molecule has 0 saturated carbocycles. The maximum absolute atomic E-state index is 6.49. The van der Waals surface area contributed by atoms with Crippen LogP contribution in [0, 0.1) is 0 Å². The number of anilines is 1. The maximum Gasteiger partial charge on any atom is 0.0741 e. The van der Waals surface area contributed by atoms with Crippen molar-refractivity contribution in [3.05, 3.63) is 75.1 Å². The van der Waals surface area contributed by atoms with Gasteiger partial charge in [0.25, 0.3) is 0 Å². The summed E-state index contributed by atoms with van der Waals surface area (Å²) in [5, 5.41) is 7.42. The molecule has 1 aliphatic rings. The summed E-state index contributed by atoms with van der Waals surface area (Å²) in [4.78, 5) is 6.12. The quantitative estimate of drug-likeness (QED) is 0.663. The van der Waals surface area contributed by atoms with E-state index in [1.54, 1.807) is 11.3 Å². The third-order valence-corrected chi connectivity index (χ3v) is 5.11. The number of allylic oxidation sites excluding steroid dienone is 3. The van der Waals surface area contributed by atoms with Crippen LogP contribution >= 0.6 is 22.9 Å². The number of aromatic nitrogens is 1. The zero-order valence-corrected chi connectivity index (χ0v) is 14.0. The van der Waals surface area contributed by atoms with Gasteiger partial charge in [-0.2, -0.15) is 0 Å². The van der Waals surface area contributed by atoms with Crippen molar-refractivity contribution in [3.8, 4) is 0 Å². The summed E-state index contributed by atoms with van der Waals surface area (Å²) in [5.41, 5.74) is 4.23. The van der Waals surface area contributed by atoms with Gasteiger partial charge in [-0.25, -0.2) is 0 Å². The Labute approximate surface area is 144 Å². The summed E-state index contributed by atoms with van der Waals surface area (Å²) in [5.74, 6) is 0. The zero-order chi connectivity index (χ0) is 15.6. The number of rotatable bonds is 3. The summed E-state index contributed by atoms with van der Waals surface area (Å²) < 4.78 is 0. The summed E-state index contributed by atoms with van der Waals surface area (Å²) in [6.45, 7) is 0.787. The van der Waals surface area contributed by atoms with Gasteiger partial charge in [-0.3, -0.25) is 4.98 Å². The monoisotopic (exact) mass is 338 g/mol. The standard InChI is InChI=1S/C19H15ClN2S/c20-15-8-4-10-17-18(15)19(21-12-13-6-5-11-23-13)14-7-2-1-3-9-16(14)22-17/h1-8,10-11H,9,12H2,(H,21,22). The molecule has 1 aliphatic carbocycles. The van der Waals surface area contributed by atoms with Gasteiger partial charge in [0.15, 0.2) is 0 Å². The number of hydrogen-bond acceptors (Lipinski definition) is 3. The van der Waals surface area contributed by atoms with Gasteiger partial charge in [-0.1, -0.05) is 48.0 Å². The van der Waals surface area contributed by atoms with Gasteiger partial charge in [0.1, 0.15) is 0 Å². The molecule has 2 aromatic heterocycles. The van der Waals surface area contributed by atoms with Crippen LogP contribution in [0.3, 0.4) is 0 Å². The Morgan fingerprint density at radius 1 is 1.17 bits per heavy atom. The summed E-state index contributed by atoms with van der Waals surface area (Å²) in [6, 6.07) is 10.1. The lowest BCUT2D eigenvalue weighted by Crippen LogP contribution is -2.05. The van der Waals surface area contributed by atoms with E-state index in [0.717, 1.165) is 45.8 Å². The molecule has 0 aliphatic heterocycles. The summed E-state index contributed by atoms with van der Waals surface area (Å²) in [7, 11) is 0. The molecule has 0 fully saturated rings. The minimum Gasteiger partial charge on any atom is -0.379 e. The van der Waals surface area contributed by atoms with Crippen molar-refractivity contribution in [2.45, 2.75) is 13.0 Å². The fraction of sp³-hybridized carbons (Fsp3) is 0.105. The van der Waals surface area contributed by atoms with Crippen molar-refractivity contribution < 1.29 is 0 Å². The molecule has 23 heavy (non-hydrogen) atoms. The number of halogens is 1. The van der Waals surface area contributed by atoms with Gasteiger partial charge >= 0.3 is 0 Å². The Morgan fingerprint density at radius 3 is 3.00 bits per heavy atom. The molecule has 0 saturated heterocycles. The van der Waals surface area contributed by atoms with Gasteiger partial charge < -0.3 is 5.32 Å². The lowest BCUT2D eigenvalue weighted by molar-refractivity contribution is 1.12. The number of thiophene rings is 1. The van der Waals surface area contributed by atoms with Crippen molar-refractivity contribution in [2.24, 2.45) is 0 Å². The third-order valence-electron chi connectivity index (χ3n) is 3.92. The fourth-order valence-electron chi connectivity index (χ4n) is 2.86. The first-order chi connectivity index (χ1) is 11.3. The van der Waals surface area contributed by atoms with E-state index in [1.165, 1.54) is 4.88 Å². The molecule has 0 unspecified atom stereocenters. The van der Waals surface area contributed by atoms with E-state index in [0.29, 0.717) is 0 Å². The van der Waals surface area contributed by atoms with Gasteiger partial charge in [-0.15, -0.1) is 11.3 Å². The Hall–Kier alpha value is -2.10. The highest BCUT2D eigenvalue weighted by atomic mass is 35.5. The molecule has 0 radical (unpaired) electrons. The minimum absolute atomic E-state index is 0.733. The van der Waals surface area contributed by atoms with Crippen LogP contribution < -0.4 is 5.32 Å². The van der Waals surface area contributed by atoms with E-state index in [1.807, 2.05) is 18.2 Å². The largest absolute Gasteiger partial charge is 0.379 e. The predicted molar refractivity (Wildman–Crippen MR) is 100 cm³/mol. The third kappa shape index (κ3) is 2.78. The van der Waals surface area contributed by atoms with Crippen molar-refractivity contribution in [2.75, 3.05) is 5.32 Å². The Balaban J connectivity index is 1.89. The molecule has 0 atom stereocenters. The van der Waals surface area contributed by atoms with E-state index >= 15 is 0 Å². The highest BCUT2D eigenvalue weighted by molar-refractivity contribution is 7.09. The van der Waals surface area contributed by atoms with Crippen LogP contribution in [0.5, 0.6) is 0 Å². The second-order valence-electron chi connectivity index (χ2n) is 5.41. The molecule has 1 N–H and O–H groups in total. The first-order valence-corrected chi connectivity index (χ1v) is 8.79. The van der Waals surface area contributed by atoms with E-state index in [-0.39, 0.29) is 0 Å². The predicted octanol–water partition coefficient (Wildman–Crippen LogP) is 5.69. The summed E-state index contributed by atoms with van der Waals surface area (Å²) >= 11 is 8.24. The molecule has 114 valence electrons. The highest BCUT2D eigenvalue weighted by Gasteiger charge is 2.15. The SMILES string of the molecule is Clc1cccc2nc3c(c(NCc4cccs4)c12)C=CC=CC3. The molecule has 2 nitrogen and oxygen atoms in total. The van der Waals surface area contributed by atoms with Crippen LogP contribution in [0.2, 0.25) is 5.02 Å². The second kappa shape index (κ2) is 6.19. The van der Waals surface area contributed by atoms with Crippen LogP contribution in [0.25, 0.3) is 17.0 Å². The van der Waals surface area contributed by atoms with Crippen LogP contribution in [0.15, 0.2) is 53.9 Å². The normalized spacial score (nSPS) is 13.1. The molecule has 0 spiro atoms. The summed E-state index contributed by atoms with van der Waals surface area (Å²) in [6.07, 6.45) is 9.21. The van der Waals surface area contributed by atoms with E-state index in [9.17, 15) is 0 Å². The molecule has 3 aromatic rings. The molecule has 4 heteroatoms. The molecule has 0 amide bonds. The molecular formula is C19H15ClN2S. The Kier molecular flexibility index (Phi) is 3.90. The lowest BCUT2D eigenvalue weighted by atomic mass is 10.0. The Morgan fingerprint density at radius 2 is 2.13 bits per heavy atom. The average Bonchev–Trinajstić information content (AvgIpc) is 2.96. The number of fused-ring (bicyclic) bond motifs is 2. The zero-order valence-electron chi connectivity index (χ0n) is 12.4. The van der Waals surface area contributed by atoms with Crippen molar-refractivity contribution >= 4 is 45.6 Å². The first kappa shape index (κ1) is 14.5. The number of hydrogen-bond donors (Lipinski definition) is 1. The van der Waals surface area contributed by atoms with Gasteiger partial charge in [0.05, 0.1) is 21.9 Å². The average molecular weight is 339 g/mol. The maximum atomic E-state index is 6.49. The fourth-order valence-corrected chi connectivity index (χ4v) is 3.76. The number of nitrogens with zero attached hydrogens (tertiary/aromatic N) is 1. The van der Waals surface area contributed by atoms with Gasteiger partial charge in [0, 0.05) is 28.8 Å². The Bertz CT molecular complexity index is 911. The van der Waals surface area contributed by atoms with Crippen molar-refractivity contribution in [1.82, 2.24) is 4.98 Å². The van der Waals surface area contributed by atoms with Gasteiger partial charge in [-0.05, 0) is 23.6 Å². The second-order valence-corrected chi connectivity index (χ2v) is 6.84. The van der Waals surface area contributed by atoms with Crippen LogP contribution in [0.1, 0.15) is 16.1 Å². The van der Waals surface area contributed by atoms with E-state index < -0.39 is 0 Å². The first-order valence-electron chi connectivity index (χ1n) is 7.53. The lowest BCUT2D eigenvalue weighted by Gasteiger charge is -2.16. The molecule has 2 heterocycles. The van der Waals surface area contributed by atoms with Gasteiger partial charge in [0.2, 0.25) is 0 Å².